The maximum absolute atomic E-state index is 13.4. The number of aromatic nitrogens is 1. The maximum atomic E-state index is 13.4. The van der Waals surface area contributed by atoms with Crippen molar-refractivity contribution < 1.29 is 9.13 Å². The molecule has 20 heavy (non-hydrogen) atoms. The molecule has 0 atom stereocenters. The molecule has 0 saturated carbocycles. The van der Waals surface area contributed by atoms with E-state index in [0.29, 0.717) is 24.2 Å². The molecule has 0 aliphatic carbocycles. The highest BCUT2D eigenvalue weighted by molar-refractivity contribution is 6.30. The molecule has 0 amide bonds. The summed E-state index contributed by atoms with van der Waals surface area (Å²) in [6.07, 6.45) is 1.64. The lowest BCUT2D eigenvalue weighted by molar-refractivity contribution is 0.446. The van der Waals surface area contributed by atoms with Gasteiger partial charge in [0.2, 0.25) is 5.88 Å². The Labute approximate surface area is 122 Å². The van der Waals surface area contributed by atoms with Crippen molar-refractivity contribution in [1.82, 2.24) is 10.3 Å². The van der Waals surface area contributed by atoms with E-state index in [4.69, 9.17) is 16.3 Å². The first-order valence-corrected chi connectivity index (χ1v) is 6.74. The summed E-state index contributed by atoms with van der Waals surface area (Å²) in [6, 6.07) is 8.44. The average molecular weight is 295 g/mol. The number of halogens is 2. The lowest BCUT2D eigenvalue weighted by Crippen LogP contribution is -2.22. The number of rotatable bonds is 5. The number of nitrogens with zero attached hydrogens (tertiary/aromatic N) is 1. The second-order valence-corrected chi connectivity index (χ2v) is 5.09. The van der Waals surface area contributed by atoms with E-state index in [9.17, 15) is 4.39 Å². The summed E-state index contributed by atoms with van der Waals surface area (Å²) in [7, 11) is 0. The van der Waals surface area contributed by atoms with E-state index in [0.717, 1.165) is 5.56 Å². The quantitative estimate of drug-likeness (QED) is 0.899. The summed E-state index contributed by atoms with van der Waals surface area (Å²) in [5.41, 5.74) is 0.913. The second-order valence-electron chi connectivity index (χ2n) is 4.68. The SMILES string of the molecule is CC(C)NCc1cccnc1Oc1ccc(Cl)c(F)c1. The number of ether oxygens (including phenoxy) is 1. The van der Waals surface area contributed by atoms with E-state index in [1.165, 1.54) is 12.1 Å². The summed E-state index contributed by atoms with van der Waals surface area (Å²) in [5.74, 6) is 0.320. The zero-order chi connectivity index (χ0) is 14.5. The van der Waals surface area contributed by atoms with Crippen LogP contribution in [-0.4, -0.2) is 11.0 Å². The molecule has 0 aliphatic rings. The first-order valence-electron chi connectivity index (χ1n) is 6.36. The molecule has 0 aliphatic heterocycles. The van der Waals surface area contributed by atoms with Gasteiger partial charge in [0.05, 0.1) is 5.02 Å². The molecular formula is C15H16ClFN2O. The van der Waals surface area contributed by atoms with Gasteiger partial charge >= 0.3 is 0 Å². The number of pyridine rings is 1. The Hall–Kier alpha value is -1.65. The molecule has 3 nitrogen and oxygen atoms in total. The smallest absolute Gasteiger partial charge is 0.223 e. The van der Waals surface area contributed by atoms with Crippen LogP contribution >= 0.6 is 11.6 Å². The summed E-state index contributed by atoms with van der Waals surface area (Å²) < 4.78 is 19.0. The van der Waals surface area contributed by atoms with Gasteiger partial charge in [0.25, 0.3) is 0 Å². The van der Waals surface area contributed by atoms with Gasteiger partial charge in [-0.25, -0.2) is 9.37 Å². The molecule has 0 fully saturated rings. The van der Waals surface area contributed by atoms with Gasteiger partial charge in [0.1, 0.15) is 11.6 Å². The molecule has 2 rings (SSSR count). The van der Waals surface area contributed by atoms with Gasteiger partial charge in [0.15, 0.2) is 0 Å². The van der Waals surface area contributed by atoms with Gasteiger partial charge in [-0.15, -0.1) is 0 Å². The Morgan fingerprint density at radius 3 is 2.85 bits per heavy atom. The third-order valence-electron chi connectivity index (χ3n) is 2.66. The van der Waals surface area contributed by atoms with E-state index in [1.807, 2.05) is 12.1 Å². The zero-order valence-electron chi connectivity index (χ0n) is 11.4. The normalized spacial score (nSPS) is 10.8. The molecule has 2 aromatic rings. The van der Waals surface area contributed by atoms with E-state index < -0.39 is 5.82 Å². The van der Waals surface area contributed by atoms with Crippen molar-refractivity contribution in [1.29, 1.82) is 0 Å². The predicted molar refractivity (Wildman–Crippen MR) is 77.7 cm³/mol. The molecule has 0 spiro atoms. The Balaban J connectivity index is 2.17. The summed E-state index contributed by atoms with van der Waals surface area (Å²) in [6.45, 7) is 4.76. The minimum Gasteiger partial charge on any atom is -0.439 e. The zero-order valence-corrected chi connectivity index (χ0v) is 12.1. The van der Waals surface area contributed by atoms with Gasteiger partial charge in [-0.05, 0) is 18.2 Å². The van der Waals surface area contributed by atoms with Gasteiger partial charge in [0, 0.05) is 30.4 Å². The van der Waals surface area contributed by atoms with Crippen molar-refractivity contribution in [3.8, 4) is 11.6 Å². The first-order chi connectivity index (χ1) is 9.56. The van der Waals surface area contributed by atoms with Crippen molar-refractivity contribution in [2.45, 2.75) is 26.4 Å². The Kier molecular flexibility index (Phi) is 4.93. The number of nitrogens with one attached hydrogen (secondary N) is 1. The number of benzene rings is 1. The Morgan fingerprint density at radius 2 is 2.15 bits per heavy atom. The van der Waals surface area contributed by atoms with Crippen LogP contribution in [0.2, 0.25) is 5.02 Å². The van der Waals surface area contributed by atoms with Crippen LogP contribution in [0.5, 0.6) is 11.6 Å². The van der Waals surface area contributed by atoms with E-state index in [1.54, 1.807) is 12.3 Å². The molecule has 1 N–H and O–H groups in total. The van der Waals surface area contributed by atoms with Crippen LogP contribution in [0.1, 0.15) is 19.4 Å². The van der Waals surface area contributed by atoms with Crippen molar-refractivity contribution in [2.24, 2.45) is 0 Å². The molecular weight excluding hydrogens is 279 g/mol. The summed E-state index contributed by atoms with van der Waals surface area (Å²) >= 11 is 5.64. The standard InChI is InChI=1S/C15H16ClFN2O/c1-10(2)19-9-11-4-3-7-18-15(11)20-12-5-6-13(16)14(17)8-12/h3-8,10,19H,9H2,1-2H3. The van der Waals surface area contributed by atoms with Gasteiger partial charge in [-0.2, -0.15) is 0 Å². The average Bonchev–Trinajstić information content (AvgIpc) is 2.42. The highest BCUT2D eigenvalue weighted by atomic mass is 35.5. The van der Waals surface area contributed by atoms with Crippen LogP contribution < -0.4 is 10.1 Å². The van der Waals surface area contributed by atoms with Crippen molar-refractivity contribution in [3.05, 3.63) is 52.9 Å². The Morgan fingerprint density at radius 1 is 1.35 bits per heavy atom. The van der Waals surface area contributed by atoms with Gasteiger partial charge in [-0.1, -0.05) is 31.5 Å². The second kappa shape index (κ2) is 6.68. The topological polar surface area (TPSA) is 34.2 Å². The third kappa shape index (κ3) is 3.92. The molecule has 0 radical (unpaired) electrons. The van der Waals surface area contributed by atoms with Crippen LogP contribution in [0.4, 0.5) is 4.39 Å². The minimum absolute atomic E-state index is 0.0695. The molecule has 5 heteroatoms. The fraction of sp³-hybridized carbons (Fsp3) is 0.267. The lowest BCUT2D eigenvalue weighted by Gasteiger charge is -2.12. The highest BCUT2D eigenvalue weighted by Gasteiger charge is 2.08. The maximum Gasteiger partial charge on any atom is 0.223 e. The van der Waals surface area contributed by atoms with Gasteiger partial charge < -0.3 is 10.1 Å². The molecule has 1 aromatic carbocycles. The molecule has 1 aromatic heterocycles. The summed E-state index contributed by atoms with van der Waals surface area (Å²) in [4.78, 5) is 4.19. The molecule has 0 bridgehead atoms. The van der Waals surface area contributed by atoms with Crippen LogP contribution in [0.15, 0.2) is 36.5 Å². The van der Waals surface area contributed by atoms with Gasteiger partial charge in [-0.3, -0.25) is 0 Å². The van der Waals surface area contributed by atoms with Crippen LogP contribution in [0, 0.1) is 5.82 Å². The number of hydrogen-bond acceptors (Lipinski definition) is 3. The largest absolute Gasteiger partial charge is 0.439 e. The Bertz CT molecular complexity index is 590. The van der Waals surface area contributed by atoms with Crippen molar-refractivity contribution >= 4 is 11.6 Å². The monoisotopic (exact) mass is 294 g/mol. The molecule has 106 valence electrons. The lowest BCUT2D eigenvalue weighted by atomic mass is 10.2. The van der Waals surface area contributed by atoms with Crippen LogP contribution in [0.3, 0.4) is 0 Å². The first kappa shape index (κ1) is 14.8. The minimum atomic E-state index is -0.512. The third-order valence-corrected chi connectivity index (χ3v) is 2.96. The van der Waals surface area contributed by atoms with E-state index in [2.05, 4.69) is 24.1 Å². The fourth-order valence-electron chi connectivity index (χ4n) is 1.62. The highest BCUT2D eigenvalue weighted by Crippen LogP contribution is 2.26. The molecule has 1 heterocycles. The van der Waals surface area contributed by atoms with Crippen molar-refractivity contribution in [3.63, 3.8) is 0 Å². The van der Waals surface area contributed by atoms with Crippen LogP contribution in [-0.2, 0) is 6.54 Å². The summed E-state index contributed by atoms with van der Waals surface area (Å²) in [5, 5.41) is 3.36. The fourth-order valence-corrected chi connectivity index (χ4v) is 1.73. The predicted octanol–water partition coefficient (Wildman–Crippen LogP) is 4.16. The van der Waals surface area contributed by atoms with Crippen molar-refractivity contribution in [2.75, 3.05) is 0 Å². The molecule has 0 unspecified atom stereocenters. The van der Waals surface area contributed by atoms with E-state index in [-0.39, 0.29) is 5.02 Å². The number of hydrogen-bond donors (Lipinski definition) is 1. The van der Waals surface area contributed by atoms with Crippen LogP contribution in [0.25, 0.3) is 0 Å². The van der Waals surface area contributed by atoms with E-state index >= 15 is 0 Å². The molecule has 0 saturated heterocycles.